The molecule has 0 aromatic carbocycles. The molecular formula is C5H14Cl2N2O. The largest absolute Gasteiger partial charge is 0.314 e. The molecule has 0 amide bonds. The van der Waals surface area contributed by atoms with Crippen LogP contribution in [0.25, 0.3) is 0 Å². The summed E-state index contributed by atoms with van der Waals surface area (Å²) < 4.78 is 0. The number of nitrogens with one attached hydrogen (secondary N) is 1. The highest BCUT2D eigenvalue weighted by atomic mass is 35.5. The van der Waals surface area contributed by atoms with E-state index in [1.165, 1.54) is 6.42 Å². The molecular weight excluding hydrogens is 175 g/mol. The third-order valence-corrected chi connectivity index (χ3v) is 1.44. The fourth-order valence-corrected chi connectivity index (χ4v) is 0.936. The average molecular weight is 189 g/mol. The summed E-state index contributed by atoms with van der Waals surface area (Å²) in [5.74, 6) is 4.96. The lowest BCUT2D eigenvalue weighted by Gasteiger charge is -2.19. The molecule has 1 aliphatic heterocycles. The summed E-state index contributed by atoms with van der Waals surface area (Å²) >= 11 is 0. The summed E-state index contributed by atoms with van der Waals surface area (Å²) in [5, 5.41) is 3.18. The van der Waals surface area contributed by atoms with Gasteiger partial charge in [0.2, 0.25) is 0 Å². The minimum Gasteiger partial charge on any atom is -0.314 e. The maximum absolute atomic E-state index is 4.96. The molecule has 1 fully saturated rings. The summed E-state index contributed by atoms with van der Waals surface area (Å²) in [5.41, 5.74) is 0. The van der Waals surface area contributed by atoms with Crippen molar-refractivity contribution in [3.8, 4) is 0 Å². The predicted octanol–water partition coefficient (Wildman–Crippen LogP) is 0.472. The molecule has 1 saturated heterocycles. The molecule has 0 aromatic rings. The van der Waals surface area contributed by atoms with Gasteiger partial charge in [-0.2, -0.15) is 0 Å². The maximum atomic E-state index is 4.96. The van der Waals surface area contributed by atoms with Gasteiger partial charge < -0.3 is 5.32 Å². The SMILES string of the molecule is Cl.Cl.NO[C@@H]1CCCNC1. The smallest absolute Gasteiger partial charge is 0.0911 e. The van der Waals surface area contributed by atoms with E-state index in [-0.39, 0.29) is 30.9 Å². The first-order valence-corrected chi connectivity index (χ1v) is 3.00. The van der Waals surface area contributed by atoms with Crippen LogP contribution >= 0.6 is 24.8 Å². The van der Waals surface area contributed by atoms with E-state index in [4.69, 9.17) is 5.90 Å². The second-order valence-corrected chi connectivity index (χ2v) is 2.10. The van der Waals surface area contributed by atoms with Crippen LogP contribution in [-0.4, -0.2) is 19.2 Å². The molecule has 0 aliphatic carbocycles. The van der Waals surface area contributed by atoms with Gasteiger partial charge in [0, 0.05) is 6.54 Å². The normalized spacial score (nSPS) is 24.3. The zero-order chi connectivity index (χ0) is 5.82. The van der Waals surface area contributed by atoms with Gasteiger partial charge in [0.15, 0.2) is 0 Å². The van der Waals surface area contributed by atoms with Crippen molar-refractivity contribution in [2.45, 2.75) is 18.9 Å². The number of rotatable bonds is 1. The van der Waals surface area contributed by atoms with Crippen LogP contribution in [-0.2, 0) is 4.84 Å². The standard InChI is InChI=1S/C5H12N2O.2ClH/c6-8-5-2-1-3-7-4-5;;/h5,7H,1-4,6H2;2*1H/t5-;;/m1../s1. The lowest BCUT2D eigenvalue weighted by molar-refractivity contribution is 0.0367. The average Bonchev–Trinajstić information content (AvgIpc) is 1.90. The van der Waals surface area contributed by atoms with E-state index in [9.17, 15) is 0 Å². The molecule has 1 rings (SSSR count). The molecule has 1 heterocycles. The molecule has 64 valence electrons. The maximum Gasteiger partial charge on any atom is 0.0911 e. The number of halogens is 2. The Labute approximate surface area is 73.5 Å². The summed E-state index contributed by atoms with van der Waals surface area (Å²) in [6.07, 6.45) is 2.54. The molecule has 1 atom stereocenters. The Morgan fingerprint density at radius 1 is 1.40 bits per heavy atom. The Hall–Kier alpha value is 0.460. The molecule has 5 heteroatoms. The fourth-order valence-electron chi connectivity index (χ4n) is 0.936. The second kappa shape index (κ2) is 7.57. The van der Waals surface area contributed by atoms with E-state index in [2.05, 4.69) is 10.2 Å². The van der Waals surface area contributed by atoms with Crippen molar-refractivity contribution in [1.29, 1.82) is 0 Å². The Balaban J connectivity index is 0. The lowest BCUT2D eigenvalue weighted by Crippen LogP contribution is -2.36. The van der Waals surface area contributed by atoms with Gasteiger partial charge in [0.25, 0.3) is 0 Å². The topological polar surface area (TPSA) is 47.3 Å². The van der Waals surface area contributed by atoms with Gasteiger partial charge in [0.05, 0.1) is 6.10 Å². The summed E-state index contributed by atoms with van der Waals surface area (Å²) in [6, 6.07) is 0. The molecule has 0 aromatic heterocycles. The van der Waals surface area contributed by atoms with Crippen LogP contribution in [0.2, 0.25) is 0 Å². The molecule has 1 aliphatic rings. The van der Waals surface area contributed by atoms with Crippen LogP contribution in [0.4, 0.5) is 0 Å². The van der Waals surface area contributed by atoms with Crippen LogP contribution in [0.5, 0.6) is 0 Å². The highest BCUT2D eigenvalue weighted by molar-refractivity contribution is 5.85. The van der Waals surface area contributed by atoms with Crippen molar-refractivity contribution >= 4 is 24.8 Å². The molecule has 3 nitrogen and oxygen atoms in total. The van der Waals surface area contributed by atoms with E-state index in [1.807, 2.05) is 0 Å². The van der Waals surface area contributed by atoms with Gasteiger partial charge in [-0.05, 0) is 19.4 Å². The molecule has 0 unspecified atom stereocenters. The van der Waals surface area contributed by atoms with E-state index in [0.717, 1.165) is 19.5 Å². The molecule has 0 saturated carbocycles. The van der Waals surface area contributed by atoms with Crippen molar-refractivity contribution in [3.63, 3.8) is 0 Å². The van der Waals surface area contributed by atoms with Crippen LogP contribution in [0, 0.1) is 0 Å². The molecule has 0 radical (unpaired) electrons. The molecule has 0 spiro atoms. The van der Waals surface area contributed by atoms with E-state index in [0.29, 0.717) is 0 Å². The lowest BCUT2D eigenvalue weighted by atomic mass is 10.1. The van der Waals surface area contributed by atoms with Gasteiger partial charge in [-0.15, -0.1) is 24.8 Å². The fraction of sp³-hybridized carbons (Fsp3) is 1.00. The first-order valence-electron chi connectivity index (χ1n) is 3.00. The first kappa shape index (κ1) is 13.1. The van der Waals surface area contributed by atoms with Crippen molar-refractivity contribution in [3.05, 3.63) is 0 Å². The summed E-state index contributed by atoms with van der Waals surface area (Å²) in [7, 11) is 0. The Morgan fingerprint density at radius 2 is 2.10 bits per heavy atom. The van der Waals surface area contributed by atoms with Crippen LogP contribution in [0.1, 0.15) is 12.8 Å². The van der Waals surface area contributed by atoms with Crippen LogP contribution in [0.15, 0.2) is 0 Å². The number of hydrogen-bond acceptors (Lipinski definition) is 3. The van der Waals surface area contributed by atoms with Crippen LogP contribution < -0.4 is 11.2 Å². The summed E-state index contributed by atoms with van der Waals surface area (Å²) in [4.78, 5) is 4.63. The minimum absolute atomic E-state index is 0. The van der Waals surface area contributed by atoms with Gasteiger partial charge in [-0.25, -0.2) is 5.90 Å². The predicted molar refractivity (Wildman–Crippen MR) is 45.7 cm³/mol. The highest BCUT2D eigenvalue weighted by Gasteiger charge is 2.10. The third-order valence-electron chi connectivity index (χ3n) is 1.44. The van der Waals surface area contributed by atoms with Gasteiger partial charge in [-0.1, -0.05) is 0 Å². The van der Waals surface area contributed by atoms with E-state index in [1.54, 1.807) is 0 Å². The minimum atomic E-state index is 0. The zero-order valence-corrected chi connectivity index (χ0v) is 7.34. The summed E-state index contributed by atoms with van der Waals surface area (Å²) in [6.45, 7) is 2.02. The Kier molecular flexibility index (Phi) is 9.90. The quantitative estimate of drug-likeness (QED) is 0.589. The molecule has 3 N–H and O–H groups in total. The van der Waals surface area contributed by atoms with Crippen LogP contribution in [0.3, 0.4) is 0 Å². The Bertz CT molecular complexity index is 68.7. The van der Waals surface area contributed by atoms with Crippen molar-refractivity contribution < 1.29 is 4.84 Å². The van der Waals surface area contributed by atoms with Gasteiger partial charge in [0.1, 0.15) is 0 Å². The molecule has 10 heavy (non-hydrogen) atoms. The number of piperidine rings is 1. The van der Waals surface area contributed by atoms with E-state index < -0.39 is 0 Å². The first-order chi connectivity index (χ1) is 3.93. The van der Waals surface area contributed by atoms with Crippen molar-refractivity contribution in [1.82, 2.24) is 5.32 Å². The van der Waals surface area contributed by atoms with Gasteiger partial charge >= 0.3 is 0 Å². The Morgan fingerprint density at radius 3 is 2.40 bits per heavy atom. The second-order valence-electron chi connectivity index (χ2n) is 2.10. The van der Waals surface area contributed by atoms with Crippen molar-refractivity contribution in [2.24, 2.45) is 5.90 Å². The van der Waals surface area contributed by atoms with Gasteiger partial charge in [-0.3, -0.25) is 4.84 Å². The highest BCUT2D eigenvalue weighted by Crippen LogP contribution is 2.02. The molecule has 0 bridgehead atoms. The monoisotopic (exact) mass is 188 g/mol. The number of hydrogen-bond donors (Lipinski definition) is 2. The third kappa shape index (κ3) is 4.30. The zero-order valence-electron chi connectivity index (χ0n) is 5.71. The van der Waals surface area contributed by atoms with E-state index >= 15 is 0 Å². The van der Waals surface area contributed by atoms with Crippen molar-refractivity contribution in [2.75, 3.05) is 13.1 Å². The number of nitrogens with two attached hydrogens (primary N) is 1.